The fourth-order valence-corrected chi connectivity index (χ4v) is 4.37. The number of carbonyl (C=O) groups excluding carboxylic acids is 2. The Kier molecular flexibility index (Phi) is 8.83. The number of rotatable bonds is 11. The summed E-state index contributed by atoms with van der Waals surface area (Å²) in [5.74, 6) is -3.67. The van der Waals surface area contributed by atoms with Gasteiger partial charge in [0.15, 0.2) is 5.96 Å². The third kappa shape index (κ3) is 7.10. The molecule has 1 amide bonds. The van der Waals surface area contributed by atoms with Crippen molar-refractivity contribution in [1.29, 1.82) is 0 Å². The van der Waals surface area contributed by atoms with Gasteiger partial charge in [0.05, 0.1) is 17.5 Å². The van der Waals surface area contributed by atoms with E-state index in [1.807, 2.05) is 4.72 Å². The number of nitrogens with zero attached hydrogens (tertiary/aromatic N) is 2. The van der Waals surface area contributed by atoms with Gasteiger partial charge < -0.3 is 26.1 Å². The molecule has 6 N–H and O–H groups in total. The molecule has 14 heteroatoms. The Bertz CT molecular complexity index is 1240. The zero-order chi connectivity index (χ0) is 25.5. The second-order valence-corrected chi connectivity index (χ2v) is 8.93. The standard InChI is InChI=1S/C20H24F2N6O5S/c1-12(30)28(15(10-29)3-2-7-26-20(23)24)17-6-8-25-19(31)18(17)27-34(32,33)11-13-4-5-14(21)9-16(13)22/h4-6,8-10,15,27H,2-3,7,11H2,1H3,(H,25,31)(H4,23,24,26)/t15-/m0/s1. The highest BCUT2D eigenvalue weighted by atomic mass is 32.2. The minimum absolute atomic E-state index is 0.111. The number of benzene rings is 1. The van der Waals surface area contributed by atoms with Crippen LogP contribution in [0.3, 0.4) is 0 Å². The molecule has 34 heavy (non-hydrogen) atoms. The monoisotopic (exact) mass is 498 g/mol. The number of aliphatic imine (C=N–C) groups is 1. The summed E-state index contributed by atoms with van der Waals surface area (Å²) >= 11 is 0. The number of aldehydes is 1. The molecule has 0 aliphatic carbocycles. The van der Waals surface area contributed by atoms with Crippen LogP contribution >= 0.6 is 0 Å². The van der Waals surface area contributed by atoms with E-state index in [2.05, 4.69) is 9.98 Å². The van der Waals surface area contributed by atoms with Gasteiger partial charge in [-0.1, -0.05) is 6.07 Å². The quantitative estimate of drug-likeness (QED) is 0.151. The maximum Gasteiger partial charge on any atom is 0.274 e. The predicted molar refractivity (Wildman–Crippen MR) is 123 cm³/mol. The molecule has 1 atom stereocenters. The zero-order valence-electron chi connectivity index (χ0n) is 18.1. The summed E-state index contributed by atoms with van der Waals surface area (Å²) in [4.78, 5) is 43.7. The van der Waals surface area contributed by atoms with Crippen molar-refractivity contribution in [3.63, 3.8) is 0 Å². The maximum absolute atomic E-state index is 13.9. The van der Waals surface area contributed by atoms with Crippen LogP contribution in [0.25, 0.3) is 0 Å². The van der Waals surface area contributed by atoms with Gasteiger partial charge in [-0.15, -0.1) is 0 Å². The molecule has 0 unspecified atom stereocenters. The van der Waals surface area contributed by atoms with Crippen LogP contribution in [0, 0.1) is 11.6 Å². The number of aromatic amines is 1. The maximum atomic E-state index is 13.9. The molecule has 0 radical (unpaired) electrons. The van der Waals surface area contributed by atoms with Crippen LogP contribution in [0.4, 0.5) is 20.2 Å². The minimum Gasteiger partial charge on any atom is -0.370 e. The highest BCUT2D eigenvalue weighted by molar-refractivity contribution is 7.91. The minimum atomic E-state index is -4.39. The van der Waals surface area contributed by atoms with Crippen LogP contribution in [0.15, 0.2) is 40.2 Å². The largest absolute Gasteiger partial charge is 0.370 e. The van der Waals surface area contributed by atoms with Crippen molar-refractivity contribution in [3.05, 3.63) is 58.0 Å². The summed E-state index contributed by atoms with van der Waals surface area (Å²) < 4.78 is 54.5. The van der Waals surface area contributed by atoms with E-state index in [4.69, 9.17) is 11.5 Å². The molecule has 11 nitrogen and oxygen atoms in total. The van der Waals surface area contributed by atoms with E-state index in [1.165, 1.54) is 12.3 Å². The summed E-state index contributed by atoms with van der Waals surface area (Å²) in [7, 11) is -4.39. The lowest BCUT2D eigenvalue weighted by atomic mass is 10.1. The SMILES string of the molecule is CC(=O)N(c1cc[nH]c(=O)c1NS(=O)(=O)Cc1ccc(F)cc1F)[C@H](C=O)CCCN=C(N)N. The average Bonchev–Trinajstić information content (AvgIpc) is 2.73. The van der Waals surface area contributed by atoms with Crippen molar-refractivity contribution < 1.29 is 26.8 Å². The third-order valence-corrected chi connectivity index (χ3v) is 5.80. The second kappa shape index (κ2) is 11.4. The number of hydrogen-bond donors (Lipinski definition) is 4. The Morgan fingerprint density at radius 2 is 2.00 bits per heavy atom. The topological polar surface area (TPSA) is 181 Å². The summed E-state index contributed by atoms with van der Waals surface area (Å²) in [5.41, 5.74) is 8.54. The summed E-state index contributed by atoms with van der Waals surface area (Å²) in [6.45, 7) is 1.32. The number of hydrogen-bond acceptors (Lipinski definition) is 6. The van der Waals surface area contributed by atoms with Crippen LogP contribution < -0.4 is 26.6 Å². The van der Waals surface area contributed by atoms with E-state index >= 15 is 0 Å². The van der Waals surface area contributed by atoms with E-state index in [1.54, 1.807) is 0 Å². The Morgan fingerprint density at radius 3 is 2.59 bits per heavy atom. The van der Waals surface area contributed by atoms with Crippen molar-refractivity contribution in [2.45, 2.75) is 31.6 Å². The highest BCUT2D eigenvalue weighted by Crippen LogP contribution is 2.27. The highest BCUT2D eigenvalue weighted by Gasteiger charge is 2.28. The van der Waals surface area contributed by atoms with Crippen molar-refractivity contribution in [2.24, 2.45) is 16.5 Å². The number of pyridine rings is 1. The molecule has 0 saturated carbocycles. The molecule has 0 fully saturated rings. The third-order valence-electron chi connectivity index (χ3n) is 4.60. The number of carbonyl (C=O) groups is 2. The van der Waals surface area contributed by atoms with Crippen molar-refractivity contribution in [1.82, 2.24) is 4.98 Å². The Morgan fingerprint density at radius 1 is 1.29 bits per heavy atom. The number of nitrogens with two attached hydrogens (primary N) is 2. The van der Waals surface area contributed by atoms with Crippen LogP contribution in [0.1, 0.15) is 25.3 Å². The number of aromatic nitrogens is 1. The second-order valence-electron chi connectivity index (χ2n) is 7.21. The van der Waals surface area contributed by atoms with Gasteiger partial charge in [0, 0.05) is 31.3 Å². The van der Waals surface area contributed by atoms with Crippen molar-refractivity contribution >= 4 is 39.6 Å². The molecular weight excluding hydrogens is 474 g/mol. The van der Waals surface area contributed by atoms with Gasteiger partial charge >= 0.3 is 0 Å². The summed E-state index contributed by atoms with van der Waals surface area (Å²) in [6.07, 6.45) is 2.06. The van der Waals surface area contributed by atoms with Crippen LogP contribution in [0.5, 0.6) is 0 Å². The normalized spacial score (nSPS) is 12.0. The van der Waals surface area contributed by atoms with Gasteiger partial charge in [-0.05, 0) is 25.0 Å². The molecule has 1 aromatic carbocycles. The molecule has 0 aliphatic rings. The predicted octanol–water partition coefficient (Wildman–Crippen LogP) is 0.569. The Hall–Kier alpha value is -3.81. The lowest BCUT2D eigenvalue weighted by molar-refractivity contribution is -0.119. The molecular formula is C20H24F2N6O5S. The molecule has 0 saturated heterocycles. The van der Waals surface area contributed by atoms with E-state index in [0.29, 0.717) is 18.8 Å². The number of H-pyrrole nitrogens is 1. The first-order chi connectivity index (χ1) is 15.9. The van der Waals surface area contributed by atoms with Gasteiger partial charge in [0.1, 0.15) is 23.6 Å². The molecule has 1 heterocycles. The molecule has 0 aliphatic heterocycles. The molecule has 2 rings (SSSR count). The number of halogens is 2. The average molecular weight is 499 g/mol. The Balaban J connectivity index is 2.39. The number of anilines is 2. The molecule has 0 bridgehead atoms. The van der Waals surface area contributed by atoms with E-state index in [0.717, 1.165) is 24.0 Å². The fraction of sp³-hybridized carbons (Fsp3) is 0.300. The number of sulfonamides is 1. The van der Waals surface area contributed by atoms with E-state index in [-0.39, 0.29) is 30.2 Å². The number of nitrogens with one attached hydrogen (secondary N) is 2. The molecule has 1 aromatic heterocycles. The Labute approximate surface area is 193 Å². The van der Waals surface area contributed by atoms with E-state index < -0.39 is 50.6 Å². The van der Waals surface area contributed by atoms with Gasteiger partial charge in [-0.2, -0.15) is 0 Å². The van der Waals surface area contributed by atoms with Crippen LogP contribution in [-0.2, 0) is 25.4 Å². The summed E-state index contributed by atoms with van der Waals surface area (Å²) in [5, 5.41) is 0. The van der Waals surface area contributed by atoms with Crippen LogP contribution in [0.2, 0.25) is 0 Å². The van der Waals surface area contributed by atoms with Crippen molar-refractivity contribution in [2.75, 3.05) is 16.2 Å². The van der Waals surface area contributed by atoms with Gasteiger partial charge in [0.2, 0.25) is 15.9 Å². The van der Waals surface area contributed by atoms with Crippen LogP contribution in [-0.4, -0.2) is 44.1 Å². The molecule has 184 valence electrons. The first-order valence-corrected chi connectivity index (χ1v) is 11.6. The lowest BCUT2D eigenvalue weighted by Crippen LogP contribution is -2.42. The zero-order valence-corrected chi connectivity index (χ0v) is 18.9. The van der Waals surface area contributed by atoms with Gasteiger partial charge in [-0.25, -0.2) is 17.2 Å². The number of guanidine groups is 1. The lowest BCUT2D eigenvalue weighted by Gasteiger charge is -2.28. The van der Waals surface area contributed by atoms with Crippen molar-refractivity contribution in [3.8, 4) is 0 Å². The smallest absolute Gasteiger partial charge is 0.274 e. The number of amides is 1. The molecule has 0 spiro atoms. The van der Waals surface area contributed by atoms with Gasteiger partial charge in [0.25, 0.3) is 5.56 Å². The fourth-order valence-electron chi connectivity index (χ4n) is 3.15. The first kappa shape index (κ1) is 26.4. The molecule has 2 aromatic rings. The van der Waals surface area contributed by atoms with E-state index in [9.17, 15) is 31.6 Å². The van der Waals surface area contributed by atoms with Gasteiger partial charge in [-0.3, -0.25) is 19.3 Å². The first-order valence-electron chi connectivity index (χ1n) is 9.91. The summed E-state index contributed by atoms with van der Waals surface area (Å²) in [6, 6.07) is 2.56.